The van der Waals surface area contributed by atoms with Crippen LogP contribution in [0.15, 0.2) is 6.07 Å². The summed E-state index contributed by atoms with van der Waals surface area (Å²) in [5.41, 5.74) is 0. The first-order chi connectivity index (χ1) is 9.15. The van der Waals surface area contributed by atoms with E-state index >= 15 is 0 Å². The third-order valence-corrected chi connectivity index (χ3v) is 4.98. The molecule has 106 valence electrons. The summed E-state index contributed by atoms with van der Waals surface area (Å²) >= 11 is 2.07. The standard InChI is InChI=1S/C14H24N4S/c1-4-6-11-17-12(15-3)9-13(18-11)16-10-14(2)7-5-8-19-14/h9H,4-8,10H2,1-3H3,(H2,15,16,17,18). The van der Waals surface area contributed by atoms with Gasteiger partial charge >= 0.3 is 0 Å². The second kappa shape index (κ2) is 6.46. The van der Waals surface area contributed by atoms with Gasteiger partial charge in [0.05, 0.1) is 0 Å². The van der Waals surface area contributed by atoms with Crippen LogP contribution < -0.4 is 10.6 Å². The highest BCUT2D eigenvalue weighted by molar-refractivity contribution is 8.00. The smallest absolute Gasteiger partial charge is 0.133 e. The summed E-state index contributed by atoms with van der Waals surface area (Å²) in [6, 6.07) is 1.99. The molecule has 19 heavy (non-hydrogen) atoms. The quantitative estimate of drug-likeness (QED) is 0.838. The van der Waals surface area contributed by atoms with Gasteiger partial charge in [0.25, 0.3) is 0 Å². The number of nitrogens with zero attached hydrogens (tertiary/aromatic N) is 2. The highest BCUT2D eigenvalue weighted by Gasteiger charge is 2.29. The average molecular weight is 280 g/mol. The highest BCUT2D eigenvalue weighted by atomic mass is 32.2. The first-order valence-corrected chi connectivity index (χ1v) is 8.07. The SMILES string of the molecule is CCCc1nc(NC)cc(NCC2(C)CCCS2)n1. The molecule has 0 saturated carbocycles. The van der Waals surface area contributed by atoms with Crippen LogP contribution in [0.25, 0.3) is 0 Å². The van der Waals surface area contributed by atoms with Gasteiger partial charge < -0.3 is 10.6 Å². The number of thioether (sulfide) groups is 1. The van der Waals surface area contributed by atoms with Gasteiger partial charge in [-0.25, -0.2) is 9.97 Å². The molecule has 1 aliphatic rings. The van der Waals surface area contributed by atoms with Crippen LogP contribution in [0.2, 0.25) is 0 Å². The topological polar surface area (TPSA) is 49.8 Å². The summed E-state index contributed by atoms with van der Waals surface area (Å²) < 4.78 is 0.357. The largest absolute Gasteiger partial charge is 0.373 e. The second-order valence-corrected chi connectivity index (χ2v) is 6.99. The van der Waals surface area contributed by atoms with Crippen molar-refractivity contribution in [2.75, 3.05) is 30.0 Å². The number of rotatable bonds is 6. The van der Waals surface area contributed by atoms with Gasteiger partial charge in [0.1, 0.15) is 17.5 Å². The Morgan fingerprint density at radius 1 is 1.37 bits per heavy atom. The van der Waals surface area contributed by atoms with E-state index in [1.807, 2.05) is 13.1 Å². The number of hydrogen-bond donors (Lipinski definition) is 2. The van der Waals surface area contributed by atoms with E-state index in [4.69, 9.17) is 0 Å². The number of aromatic nitrogens is 2. The highest BCUT2D eigenvalue weighted by Crippen LogP contribution is 2.37. The molecule has 1 aliphatic heterocycles. The van der Waals surface area contributed by atoms with Crippen molar-refractivity contribution in [1.29, 1.82) is 0 Å². The first-order valence-electron chi connectivity index (χ1n) is 7.09. The molecule has 2 N–H and O–H groups in total. The summed E-state index contributed by atoms with van der Waals surface area (Å²) in [5.74, 6) is 4.04. The monoisotopic (exact) mass is 280 g/mol. The summed E-state index contributed by atoms with van der Waals surface area (Å²) in [6.45, 7) is 5.47. The van der Waals surface area contributed by atoms with E-state index in [1.165, 1.54) is 18.6 Å². The number of anilines is 2. The molecular weight excluding hydrogens is 256 g/mol. The molecule has 1 saturated heterocycles. The Labute approximate surface area is 120 Å². The van der Waals surface area contributed by atoms with Crippen LogP contribution in [0.5, 0.6) is 0 Å². The van der Waals surface area contributed by atoms with Gasteiger partial charge in [-0.2, -0.15) is 11.8 Å². The molecule has 5 heteroatoms. The van der Waals surface area contributed by atoms with Crippen molar-refractivity contribution >= 4 is 23.4 Å². The zero-order valence-electron chi connectivity index (χ0n) is 12.1. The Bertz CT molecular complexity index is 416. The molecule has 0 radical (unpaired) electrons. The van der Waals surface area contributed by atoms with Gasteiger partial charge in [-0.1, -0.05) is 6.92 Å². The Kier molecular flexibility index (Phi) is 4.91. The average Bonchev–Trinajstić information content (AvgIpc) is 2.84. The fourth-order valence-electron chi connectivity index (χ4n) is 2.30. The van der Waals surface area contributed by atoms with Gasteiger partial charge in [-0.3, -0.25) is 0 Å². The number of aryl methyl sites for hydroxylation is 1. The zero-order chi connectivity index (χ0) is 13.7. The van der Waals surface area contributed by atoms with Gasteiger partial charge in [-0.05, 0) is 31.9 Å². The molecule has 0 amide bonds. The molecule has 0 aliphatic carbocycles. The molecule has 4 nitrogen and oxygen atoms in total. The summed E-state index contributed by atoms with van der Waals surface area (Å²) in [6.07, 6.45) is 4.61. The van der Waals surface area contributed by atoms with E-state index in [9.17, 15) is 0 Å². The Morgan fingerprint density at radius 3 is 2.79 bits per heavy atom. The van der Waals surface area contributed by atoms with Gasteiger partial charge in [0.15, 0.2) is 0 Å². The third kappa shape index (κ3) is 4.00. The Balaban J connectivity index is 2.04. The number of nitrogens with one attached hydrogen (secondary N) is 2. The minimum Gasteiger partial charge on any atom is -0.373 e. The van der Waals surface area contributed by atoms with E-state index in [0.717, 1.165) is 36.8 Å². The van der Waals surface area contributed by atoms with Crippen LogP contribution in [0.1, 0.15) is 38.9 Å². The van der Waals surface area contributed by atoms with Crippen molar-refractivity contribution in [2.45, 2.75) is 44.3 Å². The normalized spacial score (nSPS) is 22.5. The second-order valence-electron chi connectivity index (χ2n) is 5.31. The Morgan fingerprint density at radius 2 is 2.16 bits per heavy atom. The molecule has 1 atom stereocenters. The molecular formula is C14H24N4S. The predicted octanol–water partition coefficient (Wildman–Crippen LogP) is 3.17. The van der Waals surface area contributed by atoms with Crippen molar-refractivity contribution in [3.8, 4) is 0 Å². The molecule has 2 heterocycles. The maximum Gasteiger partial charge on any atom is 0.133 e. The van der Waals surface area contributed by atoms with Crippen LogP contribution in [0.4, 0.5) is 11.6 Å². The lowest BCUT2D eigenvalue weighted by Gasteiger charge is -2.23. The van der Waals surface area contributed by atoms with E-state index < -0.39 is 0 Å². The van der Waals surface area contributed by atoms with Crippen molar-refractivity contribution in [2.24, 2.45) is 0 Å². The summed E-state index contributed by atoms with van der Waals surface area (Å²) in [5, 5.41) is 6.60. The lowest BCUT2D eigenvalue weighted by atomic mass is 10.1. The van der Waals surface area contributed by atoms with E-state index in [0.29, 0.717) is 4.75 Å². The summed E-state index contributed by atoms with van der Waals surface area (Å²) in [4.78, 5) is 9.06. The molecule has 1 aromatic rings. The molecule has 1 fully saturated rings. The predicted molar refractivity (Wildman–Crippen MR) is 84.2 cm³/mol. The number of hydrogen-bond acceptors (Lipinski definition) is 5. The summed E-state index contributed by atoms with van der Waals surface area (Å²) in [7, 11) is 1.90. The van der Waals surface area contributed by atoms with E-state index in [-0.39, 0.29) is 0 Å². The van der Waals surface area contributed by atoms with Gasteiger partial charge in [0, 0.05) is 30.8 Å². The van der Waals surface area contributed by atoms with Gasteiger partial charge in [0.2, 0.25) is 0 Å². The van der Waals surface area contributed by atoms with Crippen LogP contribution in [-0.2, 0) is 6.42 Å². The van der Waals surface area contributed by atoms with E-state index in [1.54, 1.807) is 0 Å². The lowest BCUT2D eigenvalue weighted by Crippen LogP contribution is -2.27. The molecule has 2 rings (SSSR count). The van der Waals surface area contributed by atoms with Crippen LogP contribution >= 0.6 is 11.8 Å². The van der Waals surface area contributed by atoms with Crippen LogP contribution in [-0.4, -0.2) is 34.1 Å². The van der Waals surface area contributed by atoms with Crippen molar-refractivity contribution in [3.05, 3.63) is 11.9 Å². The Hall–Kier alpha value is -0.970. The fraction of sp³-hybridized carbons (Fsp3) is 0.714. The first kappa shape index (κ1) is 14.4. The van der Waals surface area contributed by atoms with Crippen LogP contribution in [0, 0.1) is 0 Å². The molecule has 1 unspecified atom stereocenters. The minimum absolute atomic E-state index is 0.357. The lowest BCUT2D eigenvalue weighted by molar-refractivity contribution is 0.633. The molecule has 0 spiro atoms. The fourth-order valence-corrected chi connectivity index (χ4v) is 3.55. The van der Waals surface area contributed by atoms with E-state index in [2.05, 4.69) is 46.2 Å². The molecule has 0 bridgehead atoms. The maximum atomic E-state index is 4.59. The molecule has 0 aromatic carbocycles. The zero-order valence-corrected chi connectivity index (χ0v) is 12.9. The van der Waals surface area contributed by atoms with Crippen LogP contribution in [0.3, 0.4) is 0 Å². The molecule has 1 aromatic heterocycles. The third-order valence-electron chi connectivity index (χ3n) is 3.45. The maximum absolute atomic E-state index is 4.59. The van der Waals surface area contributed by atoms with Crippen molar-refractivity contribution in [1.82, 2.24) is 9.97 Å². The minimum atomic E-state index is 0.357. The van der Waals surface area contributed by atoms with Gasteiger partial charge in [-0.15, -0.1) is 0 Å². The van der Waals surface area contributed by atoms with Crippen molar-refractivity contribution in [3.63, 3.8) is 0 Å². The van der Waals surface area contributed by atoms with Crippen molar-refractivity contribution < 1.29 is 0 Å².